The Kier molecular flexibility index (Phi) is 1.65. The van der Waals surface area contributed by atoms with Gasteiger partial charge in [-0.15, -0.1) is 0 Å². The molecule has 3 heteroatoms. The molecule has 1 saturated carbocycles. The van der Waals surface area contributed by atoms with Crippen molar-refractivity contribution in [2.45, 2.75) is 0 Å². The SMILES string of the molecule is O=C1C2C=CC=CC2C2=NNC3=CC=CC1C32. The first-order valence-electron chi connectivity index (χ1n) is 5.97. The molecule has 0 radical (unpaired) electrons. The van der Waals surface area contributed by atoms with E-state index in [0.717, 1.165) is 11.4 Å². The minimum atomic E-state index is -0.0267. The quantitative estimate of drug-likeness (QED) is 0.678. The molecule has 0 aromatic carbocycles. The molecule has 0 bridgehead atoms. The van der Waals surface area contributed by atoms with Gasteiger partial charge in [0.05, 0.1) is 17.5 Å². The molecule has 4 unspecified atom stereocenters. The number of Topliss-reactive ketones (excluding diaryl/α,β-unsaturated/α-hetero) is 1. The molecule has 4 aliphatic rings. The number of carbonyl (C=O) groups excluding carboxylic acids is 1. The van der Waals surface area contributed by atoms with Gasteiger partial charge in [-0.05, 0) is 6.08 Å². The minimum absolute atomic E-state index is 0.0242. The Hall–Kier alpha value is -1.90. The van der Waals surface area contributed by atoms with E-state index in [-0.39, 0.29) is 23.7 Å². The summed E-state index contributed by atoms with van der Waals surface area (Å²) in [4.78, 5) is 12.5. The van der Waals surface area contributed by atoms with E-state index in [4.69, 9.17) is 0 Å². The zero-order valence-electron chi connectivity index (χ0n) is 9.21. The lowest BCUT2D eigenvalue weighted by Crippen LogP contribution is -2.45. The van der Waals surface area contributed by atoms with Crippen LogP contribution in [0.15, 0.2) is 53.3 Å². The summed E-state index contributed by atoms with van der Waals surface area (Å²) in [6.45, 7) is 0. The van der Waals surface area contributed by atoms with E-state index in [1.54, 1.807) is 0 Å². The Balaban J connectivity index is 1.87. The molecule has 3 nitrogen and oxygen atoms in total. The van der Waals surface area contributed by atoms with Gasteiger partial charge in [-0.25, -0.2) is 0 Å². The predicted molar refractivity (Wildman–Crippen MR) is 65.0 cm³/mol. The molecule has 0 aromatic heterocycles. The molecule has 1 heterocycles. The molecule has 0 saturated heterocycles. The van der Waals surface area contributed by atoms with Crippen LogP contribution in [-0.2, 0) is 4.79 Å². The highest BCUT2D eigenvalue weighted by molar-refractivity contribution is 6.07. The number of ketones is 1. The number of fused-ring (bicyclic) bond motifs is 2. The molecular formula is C14H12N2O. The van der Waals surface area contributed by atoms with Crippen LogP contribution in [0.5, 0.6) is 0 Å². The van der Waals surface area contributed by atoms with Crippen LogP contribution in [0.3, 0.4) is 0 Å². The first-order chi connectivity index (χ1) is 8.36. The van der Waals surface area contributed by atoms with Crippen LogP contribution in [0, 0.1) is 23.7 Å². The average Bonchev–Trinajstić information content (AvgIpc) is 2.81. The van der Waals surface area contributed by atoms with Gasteiger partial charge in [-0.3, -0.25) is 10.2 Å². The molecule has 0 aromatic rings. The molecule has 84 valence electrons. The molecule has 17 heavy (non-hydrogen) atoms. The van der Waals surface area contributed by atoms with Crippen LogP contribution in [0.4, 0.5) is 0 Å². The van der Waals surface area contributed by atoms with Crippen molar-refractivity contribution in [1.29, 1.82) is 0 Å². The Morgan fingerprint density at radius 1 is 1.00 bits per heavy atom. The highest BCUT2D eigenvalue weighted by Gasteiger charge is 2.49. The van der Waals surface area contributed by atoms with Gasteiger partial charge in [0.25, 0.3) is 0 Å². The third-order valence-corrected chi connectivity index (χ3v) is 4.05. The Bertz CT molecular complexity index is 551. The number of hydrogen-bond donors (Lipinski definition) is 1. The van der Waals surface area contributed by atoms with E-state index in [0.29, 0.717) is 5.78 Å². The Labute approximate surface area is 99.3 Å². The number of hydrazone groups is 1. The first-order valence-corrected chi connectivity index (χ1v) is 5.97. The van der Waals surface area contributed by atoms with E-state index < -0.39 is 0 Å². The van der Waals surface area contributed by atoms with Gasteiger partial charge < -0.3 is 0 Å². The smallest absolute Gasteiger partial charge is 0.148 e. The van der Waals surface area contributed by atoms with Crippen molar-refractivity contribution < 1.29 is 4.79 Å². The fourth-order valence-electron chi connectivity index (χ4n) is 3.26. The summed E-state index contributed by atoms with van der Waals surface area (Å²) < 4.78 is 0. The third-order valence-electron chi connectivity index (χ3n) is 4.05. The number of nitrogens with zero attached hydrogens (tertiary/aromatic N) is 1. The van der Waals surface area contributed by atoms with Gasteiger partial charge in [0.2, 0.25) is 0 Å². The maximum Gasteiger partial charge on any atom is 0.148 e. The summed E-state index contributed by atoms with van der Waals surface area (Å²) >= 11 is 0. The number of allylic oxidation sites excluding steroid dienone is 8. The van der Waals surface area contributed by atoms with Crippen LogP contribution in [0.2, 0.25) is 0 Å². The maximum atomic E-state index is 12.5. The lowest BCUT2D eigenvalue weighted by molar-refractivity contribution is -0.126. The molecule has 4 rings (SSSR count). The van der Waals surface area contributed by atoms with Crippen LogP contribution < -0.4 is 5.43 Å². The molecule has 1 fully saturated rings. The standard InChI is InChI=1S/C14H12N2O/c17-14-9-5-2-1-4-8(9)13-12-10(14)6-3-7-11(12)15-16-13/h1-10,12,15H. The van der Waals surface area contributed by atoms with Crippen LogP contribution in [0.1, 0.15) is 0 Å². The molecule has 1 aliphatic heterocycles. The summed E-state index contributed by atoms with van der Waals surface area (Å²) in [6.07, 6.45) is 14.1. The van der Waals surface area contributed by atoms with Crippen molar-refractivity contribution in [3.63, 3.8) is 0 Å². The second kappa shape index (κ2) is 3.06. The number of nitrogens with one attached hydrogen (secondary N) is 1. The maximum absolute atomic E-state index is 12.5. The lowest BCUT2D eigenvalue weighted by atomic mass is 9.63. The summed E-state index contributed by atoms with van der Waals surface area (Å²) in [5, 5.41) is 4.44. The van der Waals surface area contributed by atoms with Gasteiger partial charge >= 0.3 is 0 Å². The number of hydrogen-bond acceptors (Lipinski definition) is 3. The van der Waals surface area contributed by atoms with Crippen LogP contribution in [-0.4, -0.2) is 11.5 Å². The van der Waals surface area contributed by atoms with Crippen LogP contribution in [0.25, 0.3) is 0 Å². The van der Waals surface area contributed by atoms with Gasteiger partial charge in [0, 0.05) is 17.5 Å². The largest absolute Gasteiger partial charge is 0.298 e. The summed E-state index contributed by atoms with van der Waals surface area (Å²) in [6, 6.07) is 0. The minimum Gasteiger partial charge on any atom is -0.298 e. The van der Waals surface area contributed by atoms with Crippen molar-refractivity contribution >= 4 is 11.5 Å². The van der Waals surface area contributed by atoms with E-state index in [2.05, 4.69) is 16.6 Å². The predicted octanol–water partition coefficient (Wildman–Crippen LogP) is 1.57. The zero-order chi connectivity index (χ0) is 11.4. The van der Waals surface area contributed by atoms with E-state index >= 15 is 0 Å². The van der Waals surface area contributed by atoms with Crippen molar-refractivity contribution in [3.8, 4) is 0 Å². The number of rotatable bonds is 0. The highest BCUT2D eigenvalue weighted by atomic mass is 16.1. The van der Waals surface area contributed by atoms with Crippen molar-refractivity contribution in [2.24, 2.45) is 28.8 Å². The lowest BCUT2D eigenvalue weighted by Gasteiger charge is -2.37. The topological polar surface area (TPSA) is 41.5 Å². The second-order valence-corrected chi connectivity index (χ2v) is 4.88. The fourth-order valence-corrected chi connectivity index (χ4v) is 3.26. The summed E-state index contributed by atoms with van der Waals surface area (Å²) in [5.74, 6) is 0.582. The third kappa shape index (κ3) is 1.06. The van der Waals surface area contributed by atoms with Gasteiger partial charge in [0.1, 0.15) is 5.78 Å². The Morgan fingerprint density at radius 2 is 1.76 bits per heavy atom. The van der Waals surface area contributed by atoms with Crippen molar-refractivity contribution in [1.82, 2.24) is 5.43 Å². The average molecular weight is 224 g/mol. The molecule has 4 atom stereocenters. The Morgan fingerprint density at radius 3 is 2.65 bits per heavy atom. The molecular weight excluding hydrogens is 212 g/mol. The molecule has 0 spiro atoms. The van der Waals surface area contributed by atoms with E-state index in [1.807, 2.05) is 36.5 Å². The summed E-state index contributed by atoms with van der Waals surface area (Å²) in [7, 11) is 0. The molecule has 3 aliphatic carbocycles. The van der Waals surface area contributed by atoms with Gasteiger partial charge in [-0.1, -0.05) is 36.5 Å². The fraction of sp³-hybridized carbons (Fsp3) is 0.286. The van der Waals surface area contributed by atoms with Gasteiger partial charge in [0.15, 0.2) is 0 Å². The normalized spacial score (nSPS) is 40.4. The molecule has 1 N–H and O–H groups in total. The van der Waals surface area contributed by atoms with E-state index in [9.17, 15) is 4.79 Å². The first kappa shape index (κ1) is 9.16. The van der Waals surface area contributed by atoms with Crippen molar-refractivity contribution in [2.75, 3.05) is 0 Å². The second-order valence-electron chi connectivity index (χ2n) is 4.88. The van der Waals surface area contributed by atoms with Gasteiger partial charge in [-0.2, -0.15) is 5.10 Å². The summed E-state index contributed by atoms with van der Waals surface area (Å²) in [5.41, 5.74) is 5.26. The highest BCUT2D eigenvalue weighted by Crippen LogP contribution is 2.43. The van der Waals surface area contributed by atoms with Crippen molar-refractivity contribution in [3.05, 3.63) is 48.2 Å². The number of carbonyl (C=O) groups is 1. The monoisotopic (exact) mass is 224 g/mol. The zero-order valence-corrected chi connectivity index (χ0v) is 9.21. The molecule has 0 amide bonds. The van der Waals surface area contributed by atoms with Crippen LogP contribution >= 0.6 is 0 Å². The van der Waals surface area contributed by atoms with E-state index in [1.165, 1.54) is 0 Å².